The smallest absolute Gasteiger partial charge is 0.410 e. The Kier molecular flexibility index (Phi) is 6.18. The Balaban J connectivity index is 1.79. The Labute approximate surface area is 200 Å². The number of amides is 2. The van der Waals surface area contributed by atoms with Gasteiger partial charge in [-0.15, -0.1) is 0 Å². The van der Waals surface area contributed by atoms with Crippen LogP contribution < -0.4 is 0 Å². The number of rotatable bonds is 3. The van der Waals surface area contributed by atoms with E-state index in [1.807, 2.05) is 37.6 Å². The fourth-order valence-electron chi connectivity index (χ4n) is 4.74. The number of hydrogen-bond donors (Lipinski definition) is 1. The molecular weight excluding hydrogens is 432 g/mol. The molecule has 3 heterocycles. The SMILES string of the molecule is C=CC(=O)N1CCc2nn(-c3ccc(C(C)C)cc3O)c3c2C(C1)N(C(=O)OC(C)(C)C)CC3. The van der Waals surface area contributed by atoms with Crippen molar-refractivity contribution < 1.29 is 19.4 Å². The van der Waals surface area contributed by atoms with E-state index < -0.39 is 11.7 Å². The molecule has 0 saturated carbocycles. The highest BCUT2D eigenvalue weighted by Gasteiger charge is 2.41. The molecule has 8 nitrogen and oxygen atoms in total. The summed E-state index contributed by atoms with van der Waals surface area (Å²) in [5, 5.41) is 15.7. The Morgan fingerprint density at radius 3 is 2.59 bits per heavy atom. The van der Waals surface area contributed by atoms with Gasteiger partial charge in [-0.1, -0.05) is 26.5 Å². The number of phenols is 1. The van der Waals surface area contributed by atoms with Gasteiger partial charge in [0.05, 0.1) is 17.4 Å². The predicted molar refractivity (Wildman–Crippen MR) is 129 cm³/mol. The minimum Gasteiger partial charge on any atom is -0.506 e. The maximum absolute atomic E-state index is 13.1. The van der Waals surface area contributed by atoms with Gasteiger partial charge in [-0.05, 0) is 50.5 Å². The van der Waals surface area contributed by atoms with Crippen molar-refractivity contribution in [2.45, 2.75) is 65.0 Å². The average Bonchev–Trinajstić information content (AvgIpc) is 3.01. The molecule has 1 aromatic heterocycles. The first-order valence-electron chi connectivity index (χ1n) is 11.8. The van der Waals surface area contributed by atoms with Crippen LogP contribution >= 0.6 is 0 Å². The van der Waals surface area contributed by atoms with Crippen molar-refractivity contribution in [3.05, 3.63) is 53.4 Å². The summed E-state index contributed by atoms with van der Waals surface area (Å²) in [5.74, 6) is 0.304. The molecule has 1 aromatic carbocycles. The number of benzene rings is 1. The van der Waals surface area contributed by atoms with Gasteiger partial charge in [-0.25, -0.2) is 9.48 Å². The van der Waals surface area contributed by atoms with Crippen molar-refractivity contribution in [1.29, 1.82) is 0 Å². The third-order valence-electron chi connectivity index (χ3n) is 6.42. The van der Waals surface area contributed by atoms with E-state index in [1.54, 1.807) is 15.9 Å². The van der Waals surface area contributed by atoms with Crippen LogP contribution in [0.1, 0.15) is 69.1 Å². The largest absolute Gasteiger partial charge is 0.506 e. The zero-order chi connectivity index (χ0) is 24.8. The fraction of sp³-hybridized carbons (Fsp3) is 0.500. The van der Waals surface area contributed by atoms with Gasteiger partial charge >= 0.3 is 6.09 Å². The quantitative estimate of drug-likeness (QED) is 0.688. The highest BCUT2D eigenvalue weighted by atomic mass is 16.6. The molecule has 2 amide bonds. The fourth-order valence-corrected chi connectivity index (χ4v) is 4.74. The third-order valence-corrected chi connectivity index (χ3v) is 6.42. The highest BCUT2D eigenvalue weighted by Crippen LogP contribution is 2.39. The molecule has 0 fully saturated rings. The van der Waals surface area contributed by atoms with Crippen LogP contribution in [0.25, 0.3) is 5.69 Å². The van der Waals surface area contributed by atoms with Gasteiger partial charge in [-0.2, -0.15) is 5.10 Å². The molecule has 1 unspecified atom stereocenters. The van der Waals surface area contributed by atoms with Crippen molar-refractivity contribution in [2.75, 3.05) is 19.6 Å². The van der Waals surface area contributed by atoms with Gasteiger partial charge in [0.25, 0.3) is 0 Å². The second-order valence-corrected chi connectivity index (χ2v) is 10.3. The van der Waals surface area contributed by atoms with Crippen LogP contribution in [0.15, 0.2) is 30.9 Å². The van der Waals surface area contributed by atoms with E-state index >= 15 is 0 Å². The Morgan fingerprint density at radius 2 is 1.97 bits per heavy atom. The lowest BCUT2D eigenvalue weighted by Gasteiger charge is -2.38. The van der Waals surface area contributed by atoms with Crippen LogP contribution in [0.4, 0.5) is 4.79 Å². The molecule has 0 saturated heterocycles. The number of ether oxygens (including phenoxy) is 1. The van der Waals surface area contributed by atoms with Gasteiger partial charge in [0.1, 0.15) is 17.0 Å². The summed E-state index contributed by atoms with van der Waals surface area (Å²) in [5.41, 5.74) is 3.78. The molecular formula is C26H34N4O4. The molecule has 182 valence electrons. The summed E-state index contributed by atoms with van der Waals surface area (Å²) in [6.45, 7) is 14.6. The standard InChI is InChI=1S/C26H34N4O4/c1-7-23(32)28-12-10-18-24-20(11-13-29(21(24)15-28)25(33)34-26(4,5)6)30(27-18)19-9-8-17(16(2)3)14-22(19)31/h7-9,14,16,21,31H,1,10-13,15H2,2-6H3. The number of aromatic nitrogens is 2. The van der Waals surface area contributed by atoms with Crippen molar-refractivity contribution in [3.63, 3.8) is 0 Å². The number of carbonyl (C=O) groups excluding carboxylic acids is 2. The van der Waals surface area contributed by atoms with Gasteiger partial charge in [-0.3, -0.25) is 9.69 Å². The molecule has 2 aliphatic rings. The summed E-state index contributed by atoms with van der Waals surface area (Å²) in [6.07, 6.45) is 2.02. The topological polar surface area (TPSA) is 87.9 Å². The minimum atomic E-state index is -0.629. The normalized spacial score (nSPS) is 17.9. The molecule has 0 aliphatic carbocycles. The molecule has 8 heteroatoms. The molecule has 4 rings (SSSR count). The number of carbonyl (C=O) groups is 2. The van der Waals surface area contributed by atoms with Crippen LogP contribution in [0, 0.1) is 0 Å². The Bertz CT molecular complexity index is 1130. The molecule has 1 N–H and O–H groups in total. The van der Waals surface area contributed by atoms with Crippen LogP contribution in [0.5, 0.6) is 5.75 Å². The molecule has 2 aromatic rings. The van der Waals surface area contributed by atoms with Gasteiger partial charge in [0.2, 0.25) is 5.91 Å². The molecule has 34 heavy (non-hydrogen) atoms. The van der Waals surface area contributed by atoms with E-state index in [2.05, 4.69) is 20.4 Å². The Morgan fingerprint density at radius 1 is 1.24 bits per heavy atom. The maximum atomic E-state index is 13.1. The van der Waals surface area contributed by atoms with Crippen molar-refractivity contribution in [3.8, 4) is 11.4 Å². The van der Waals surface area contributed by atoms with E-state index in [9.17, 15) is 14.7 Å². The maximum Gasteiger partial charge on any atom is 0.410 e. The lowest BCUT2D eigenvalue weighted by atomic mass is 9.96. The van der Waals surface area contributed by atoms with Crippen molar-refractivity contribution in [1.82, 2.24) is 19.6 Å². The van der Waals surface area contributed by atoms with E-state index in [1.165, 1.54) is 6.08 Å². The summed E-state index contributed by atoms with van der Waals surface area (Å²) in [6, 6.07) is 5.32. The number of aromatic hydroxyl groups is 1. The number of phenolic OH excluding ortho intramolecular Hbond substituents is 1. The molecule has 2 aliphatic heterocycles. The van der Waals surface area contributed by atoms with Crippen LogP contribution in [-0.4, -0.2) is 61.9 Å². The van der Waals surface area contributed by atoms with E-state index in [0.29, 0.717) is 44.1 Å². The first kappa shape index (κ1) is 23.9. The third kappa shape index (κ3) is 4.41. The lowest BCUT2D eigenvalue weighted by molar-refractivity contribution is -0.126. The van der Waals surface area contributed by atoms with Gasteiger partial charge < -0.3 is 14.7 Å². The lowest BCUT2D eigenvalue weighted by Crippen LogP contribution is -2.47. The zero-order valence-electron chi connectivity index (χ0n) is 20.7. The minimum absolute atomic E-state index is 0.170. The van der Waals surface area contributed by atoms with Crippen LogP contribution in [0.3, 0.4) is 0 Å². The Hall–Kier alpha value is -3.29. The molecule has 0 spiro atoms. The zero-order valence-corrected chi connectivity index (χ0v) is 20.7. The van der Waals surface area contributed by atoms with Gasteiger partial charge in [0, 0.05) is 38.0 Å². The average molecular weight is 467 g/mol. The van der Waals surface area contributed by atoms with Crippen molar-refractivity contribution >= 4 is 12.0 Å². The second-order valence-electron chi connectivity index (χ2n) is 10.3. The first-order valence-corrected chi connectivity index (χ1v) is 11.8. The predicted octanol–water partition coefficient (Wildman–Crippen LogP) is 4.11. The molecule has 0 bridgehead atoms. The monoisotopic (exact) mass is 466 g/mol. The first-order chi connectivity index (χ1) is 16.0. The molecule has 1 atom stereocenters. The number of hydrogen-bond acceptors (Lipinski definition) is 5. The van der Waals surface area contributed by atoms with E-state index in [4.69, 9.17) is 9.84 Å². The number of nitrogens with zero attached hydrogens (tertiary/aromatic N) is 4. The van der Waals surface area contributed by atoms with Crippen molar-refractivity contribution in [2.24, 2.45) is 0 Å². The van der Waals surface area contributed by atoms with Crippen LogP contribution in [0.2, 0.25) is 0 Å². The van der Waals surface area contributed by atoms with E-state index in [-0.39, 0.29) is 17.7 Å². The van der Waals surface area contributed by atoms with E-state index in [0.717, 1.165) is 22.5 Å². The highest BCUT2D eigenvalue weighted by molar-refractivity contribution is 5.87. The summed E-state index contributed by atoms with van der Waals surface area (Å²) in [4.78, 5) is 29.0. The summed E-state index contributed by atoms with van der Waals surface area (Å²) in [7, 11) is 0. The van der Waals surface area contributed by atoms with Gasteiger partial charge in [0.15, 0.2) is 0 Å². The second kappa shape index (κ2) is 8.81. The van der Waals surface area contributed by atoms with Crippen LogP contribution in [-0.2, 0) is 22.4 Å². The summed E-state index contributed by atoms with van der Waals surface area (Å²) >= 11 is 0. The molecule has 0 radical (unpaired) electrons. The summed E-state index contributed by atoms with van der Waals surface area (Å²) < 4.78 is 7.51.